The van der Waals surface area contributed by atoms with E-state index in [0.29, 0.717) is 0 Å². The number of hydrogen-bond acceptors (Lipinski definition) is 2. The van der Waals surface area contributed by atoms with E-state index in [4.69, 9.17) is 11.6 Å². The van der Waals surface area contributed by atoms with E-state index in [-0.39, 0.29) is 21.4 Å². The number of halogens is 6. The van der Waals surface area contributed by atoms with Gasteiger partial charge in [0.25, 0.3) is 0 Å². The Morgan fingerprint density at radius 2 is 1.87 bits per heavy atom. The minimum absolute atomic E-state index is 0.00931. The van der Waals surface area contributed by atoms with E-state index in [0.717, 1.165) is 24.4 Å². The summed E-state index contributed by atoms with van der Waals surface area (Å²) < 4.78 is 65.2. The van der Waals surface area contributed by atoms with Gasteiger partial charge in [0.05, 0.1) is 5.69 Å². The molecule has 0 saturated heterocycles. The summed E-state index contributed by atoms with van der Waals surface area (Å²) in [5, 5.41) is 0. The highest BCUT2D eigenvalue weighted by atomic mass is 35.5. The first-order chi connectivity index (χ1) is 10.6. The standard InChI is InChI=1S/C14H8ClF5N2O/c1-7-8(6-10(16)12(18)11(7)17)2-3-9-4-5-22(13(23)21-9)14(15,19)20/h2-6H,1H3. The van der Waals surface area contributed by atoms with Gasteiger partial charge in [0.15, 0.2) is 17.5 Å². The third kappa shape index (κ3) is 3.58. The van der Waals surface area contributed by atoms with Crippen LogP contribution in [0.4, 0.5) is 22.0 Å². The van der Waals surface area contributed by atoms with Crippen molar-refractivity contribution in [2.24, 2.45) is 0 Å². The van der Waals surface area contributed by atoms with E-state index in [1.807, 2.05) is 0 Å². The topological polar surface area (TPSA) is 34.9 Å². The number of hydrogen-bond donors (Lipinski definition) is 0. The number of rotatable bonds is 3. The Hall–Kier alpha value is -2.22. The summed E-state index contributed by atoms with van der Waals surface area (Å²) >= 11 is 4.71. The summed E-state index contributed by atoms with van der Waals surface area (Å²) in [5.74, 6) is -4.31. The van der Waals surface area contributed by atoms with Crippen molar-refractivity contribution in [1.29, 1.82) is 0 Å². The van der Waals surface area contributed by atoms with Crippen molar-refractivity contribution in [3.05, 3.63) is 63.1 Å². The van der Waals surface area contributed by atoms with Crippen LogP contribution in [0.3, 0.4) is 0 Å². The van der Waals surface area contributed by atoms with Crippen molar-refractivity contribution in [3.63, 3.8) is 0 Å². The smallest absolute Gasteiger partial charge is 0.245 e. The zero-order valence-corrected chi connectivity index (χ0v) is 12.2. The summed E-state index contributed by atoms with van der Waals surface area (Å²) in [7, 11) is 0. The third-order valence-electron chi connectivity index (χ3n) is 2.98. The third-order valence-corrected chi connectivity index (χ3v) is 3.16. The maximum Gasteiger partial charge on any atom is 0.414 e. The van der Waals surface area contributed by atoms with Crippen LogP contribution in [-0.4, -0.2) is 9.55 Å². The Balaban J connectivity index is 2.39. The molecule has 23 heavy (non-hydrogen) atoms. The van der Waals surface area contributed by atoms with Crippen LogP contribution < -0.4 is 5.69 Å². The summed E-state index contributed by atoms with van der Waals surface area (Å²) in [6.07, 6.45) is 3.06. The van der Waals surface area contributed by atoms with E-state index < -0.39 is 28.6 Å². The molecule has 0 N–H and O–H groups in total. The van der Waals surface area contributed by atoms with Crippen molar-refractivity contribution < 1.29 is 22.0 Å². The lowest BCUT2D eigenvalue weighted by atomic mass is 10.1. The molecule has 0 amide bonds. The van der Waals surface area contributed by atoms with Crippen LogP contribution in [0, 0.1) is 24.4 Å². The van der Waals surface area contributed by atoms with Crippen molar-refractivity contribution in [2.75, 3.05) is 0 Å². The van der Waals surface area contributed by atoms with Crippen LogP contribution >= 0.6 is 11.6 Å². The molecule has 0 bridgehead atoms. The molecule has 0 spiro atoms. The molecule has 2 aromatic rings. The van der Waals surface area contributed by atoms with Crippen LogP contribution in [0.15, 0.2) is 23.1 Å². The molecule has 2 rings (SSSR count). The van der Waals surface area contributed by atoms with Gasteiger partial charge in [-0.05, 0) is 47.9 Å². The highest BCUT2D eigenvalue weighted by molar-refractivity contribution is 6.19. The van der Waals surface area contributed by atoms with Gasteiger partial charge in [-0.1, -0.05) is 6.08 Å². The minimum atomic E-state index is -3.92. The Morgan fingerprint density at radius 1 is 1.22 bits per heavy atom. The SMILES string of the molecule is Cc1c(C=Cc2ccn(C(F)(F)Cl)c(=O)n2)cc(F)c(F)c1F. The van der Waals surface area contributed by atoms with Crippen LogP contribution in [0.2, 0.25) is 0 Å². The Bertz CT molecular complexity index is 842. The fourth-order valence-electron chi connectivity index (χ4n) is 1.75. The maximum atomic E-state index is 13.4. The molecule has 0 radical (unpaired) electrons. The molecular weight excluding hydrogens is 343 g/mol. The molecule has 9 heteroatoms. The fraction of sp³-hybridized carbons (Fsp3) is 0.143. The van der Waals surface area contributed by atoms with Crippen molar-refractivity contribution >= 4 is 23.8 Å². The van der Waals surface area contributed by atoms with Gasteiger partial charge >= 0.3 is 11.2 Å². The van der Waals surface area contributed by atoms with Crippen LogP contribution in [-0.2, 0) is 5.51 Å². The average Bonchev–Trinajstić information content (AvgIpc) is 2.46. The normalized spacial score (nSPS) is 12.1. The first-order valence-corrected chi connectivity index (χ1v) is 6.48. The second-order valence-electron chi connectivity index (χ2n) is 4.51. The van der Waals surface area contributed by atoms with Gasteiger partial charge in [0.1, 0.15) is 0 Å². The van der Waals surface area contributed by atoms with Gasteiger partial charge in [0, 0.05) is 6.20 Å². The van der Waals surface area contributed by atoms with Crippen molar-refractivity contribution in [3.8, 4) is 0 Å². The maximum absolute atomic E-state index is 13.4. The van der Waals surface area contributed by atoms with E-state index in [2.05, 4.69) is 4.98 Å². The summed E-state index contributed by atoms with van der Waals surface area (Å²) in [6.45, 7) is 1.23. The molecule has 0 aliphatic carbocycles. The lowest BCUT2D eigenvalue weighted by molar-refractivity contribution is 0.00897. The highest BCUT2D eigenvalue weighted by Gasteiger charge is 2.28. The summed E-state index contributed by atoms with van der Waals surface area (Å²) in [5.41, 5.74) is -5.42. The highest BCUT2D eigenvalue weighted by Crippen LogP contribution is 2.23. The quantitative estimate of drug-likeness (QED) is 0.478. The van der Waals surface area contributed by atoms with Gasteiger partial charge in [-0.2, -0.15) is 13.8 Å². The minimum Gasteiger partial charge on any atom is -0.245 e. The first kappa shape index (κ1) is 17.1. The summed E-state index contributed by atoms with van der Waals surface area (Å²) in [6, 6.07) is 1.82. The number of benzene rings is 1. The van der Waals surface area contributed by atoms with Crippen molar-refractivity contribution in [2.45, 2.75) is 12.4 Å². The molecule has 0 aliphatic rings. The first-order valence-electron chi connectivity index (χ1n) is 6.10. The van der Waals surface area contributed by atoms with E-state index >= 15 is 0 Å². The zero-order valence-electron chi connectivity index (χ0n) is 11.5. The average molecular weight is 351 g/mol. The molecule has 0 saturated carbocycles. The Kier molecular flexibility index (Phi) is 4.56. The van der Waals surface area contributed by atoms with Gasteiger partial charge in [0.2, 0.25) is 0 Å². The lowest BCUT2D eigenvalue weighted by Crippen LogP contribution is -2.31. The fourth-order valence-corrected chi connectivity index (χ4v) is 1.88. The molecule has 122 valence electrons. The molecule has 1 aromatic carbocycles. The Labute approximate surface area is 131 Å². The molecule has 1 aromatic heterocycles. The molecule has 0 fully saturated rings. The van der Waals surface area contributed by atoms with E-state index in [9.17, 15) is 26.7 Å². The molecule has 0 aliphatic heterocycles. The summed E-state index contributed by atoms with van der Waals surface area (Å²) in [4.78, 5) is 14.7. The van der Waals surface area contributed by atoms with Crippen LogP contribution in [0.25, 0.3) is 12.2 Å². The number of alkyl halides is 3. The Morgan fingerprint density at radius 3 is 2.43 bits per heavy atom. The van der Waals surface area contributed by atoms with E-state index in [1.165, 1.54) is 13.0 Å². The number of aromatic nitrogens is 2. The monoisotopic (exact) mass is 350 g/mol. The molecule has 0 atom stereocenters. The van der Waals surface area contributed by atoms with Gasteiger partial charge in [-0.3, -0.25) is 0 Å². The molecule has 3 nitrogen and oxygen atoms in total. The largest absolute Gasteiger partial charge is 0.414 e. The van der Waals surface area contributed by atoms with E-state index in [1.54, 1.807) is 0 Å². The van der Waals surface area contributed by atoms with Crippen LogP contribution in [0.1, 0.15) is 16.8 Å². The van der Waals surface area contributed by atoms with Crippen LogP contribution in [0.5, 0.6) is 0 Å². The van der Waals surface area contributed by atoms with Gasteiger partial charge in [-0.25, -0.2) is 22.5 Å². The predicted molar refractivity (Wildman–Crippen MR) is 74.5 cm³/mol. The lowest BCUT2D eigenvalue weighted by Gasteiger charge is -2.09. The molecule has 0 unspecified atom stereocenters. The van der Waals surface area contributed by atoms with Gasteiger partial charge in [-0.15, -0.1) is 0 Å². The molecule has 1 heterocycles. The predicted octanol–water partition coefficient (Wildman–Crippen LogP) is 3.89. The van der Waals surface area contributed by atoms with Crippen molar-refractivity contribution in [1.82, 2.24) is 9.55 Å². The van der Waals surface area contributed by atoms with Gasteiger partial charge < -0.3 is 0 Å². The second kappa shape index (κ2) is 6.11. The number of nitrogens with zero attached hydrogens (tertiary/aromatic N) is 2. The zero-order chi connectivity index (χ0) is 17.4. The second-order valence-corrected chi connectivity index (χ2v) is 4.96. The molecular formula is C14H8ClF5N2O.